The van der Waals surface area contributed by atoms with Gasteiger partial charge < -0.3 is 21.7 Å². The highest BCUT2D eigenvalue weighted by atomic mass is 16.4. The van der Waals surface area contributed by atoms with Crippen LogP contribution in [0.1, 0.15) is 12.8 Å². The van der Waals surface area contributed by atoms with Crippen molar-refractivity contribution in [2.24, 2.45) is 11.5 Å². The summed E-state index contributed by atoms with van der Waals surface area (Å²) in [7, 11) is 0. The van der Waals surface area contributed by atoms with Crippen molar-refractivity contribution in [1.82, 2.24) is 0 Å². The number of rotatable bonds is 5. The lowest BCUT2D eigenvalue weighted by molar-refractivity contribution is -0.150. The summed E-state index contributed by atoms with van der Waals surface area (Å²) in [6, 6.07) is 0. The van der Waals surface area contributed by atoms with Crippen LogP contribution in [0.5, 0.6) is 0 Å². The summed E-state index contributed by atoms with van der Waals surface area (Å²) in [4.78, 5) is 20.7. The fourth-order valence-corrected chi connectivity index (χ4v) is 0.798. The van der Waals surface area contributed by atoms with E-state index in [0.717, 1.165) is 0 Å². The summed E-state index contributed by atoms with van der Waals surface area (Å²) in [6.45, 7) is 0.0517. The molecule has 0 aliphatic carbocycles. The molecule has 0 aliphatic rings. The number of carbonyl (C=O) groups is 2. The normalized spacial score (nSPS) is 15.2. The second-order valence-electron chi connectivity index (χ2n) is 2.57. The van der Waals surface area contributed by atoms with Gasteiger partial charge in [-0.05, 0) is 13.0 Å². The van der Waals surface area contributed by atoms with Crippen molar-refractivity contribution in [3.63, 3.8) is 0 Å². The van der Waals surface area contributed by atoms with Crippen molar-refractivity contribution in [1.29, 1.82) is 0 Å². The standard InChI is InChI=1S/C6H12N2O4/c7-2-1-6(8,5(11)12)3-4(9)10/h1-3,7-8H2,(H,9,10)(H,11,12). The van der Waals surface area contributed by atoms with E-state index in [4.69, 9.17) is 21.7 Å². The maximum Gasteiger partial charge on any atom is 0.324 e. The van der Waals surface area contributed by atoms with E-state index in [0.29, 0.717) is 0 Å². The Morgan fingerprint density at radius 3 is 2.08 bits per heavy atom. The fourth-order valence-electron chi connectivity index (χ4n) is 0.798. The maximum absolute atomic E-state index is 10.5. The van der Waals surface area contributed by atoms with Gasteiger partial charge in [-0.15, -0.1) is 0 Å². The van der Waals surface area contributed by atoms with Gasteiger partial charge in [0.25, 0.3) is 0 Å². The van der Waals surface area contributed by atoms with E-state index in [1.54, 1.807) is 0 Å². The Hall–Kier alpha value is -1.14. The third-order valence-electron chi connectivity index (χ3n) is 1.48. The predicted octanol–water partition coefficient (Wildman–Crippen LogP) is -1.41. The Balaban J connectivity index is 4.38. The lowest BCUT2D eigenvalue weighted by Gasteiger charge is -2.21. The second kappa shape index (κ2) is 4.03. The minimum absolute atomic E-state index is 0.0470. The number of aliphatic carboxylic acids is 2. The molecular formula is C6H12N2O4. The van der Waals surface area contributed by atoms with E-state index in [1.807, 2.05) is 0 Å². The van der Waals surface area contributed by atoms with Gasteiger partial charge >= 0.3 is 11.9 Å². The zero-order chi connectivity index (χ0) is 9.78. The van der Waals surface area contributed by atoms with Gasteiger partial charge in [0.1, 0.15) is 5.54 Å². The van der Waals surface area contributed by atoms with Crippen LogP contribution in [0, 0.1) is 0 Å². The van der Waals surface area contributed by atoms with Gasteiger partial charge in [0.05, 0.1) is 6.42 Å². The number of carboxylic acid groups (broad SMARTS) is 2. The van der Waals surface area contributed by atoms with Crippen molar-refractivity contribution in [3.05, 3.63) is 0 Å². The van der Waals surface area contributed by atoms with Gasteiger partial charge in [0, 0.05) is 0 Å². The third-order valence-corrected chi connectivity index (χ3v) is 1.48. The molecule has 0 saturated carbocycles. The molecule has 0 spiro atoms. The lowest BCUT2D eigenvalue weighted by atomic mass is 9.93. The summed E-state index contributed by atoms with van der Waals surface area (Å²) in [6.07, 6.45) is -0.659. The van der Waals surface area contributed by atoms with E-state index >= 15 is 0 Å². The molecule has 0 aromatic carbocycles. The van der Waals surface area contributed by atoms with Crippen LogP contribution in [0.15, 0.2) is 0 Å². The highest BCUT2D eigenvalue weighted by Crippen LogP contribution is 2.11. The van der Waals surface area contributed by atoms with Crippen LogP contribution in [0.3, 0.4) is 0 Å². The zero-order valence-electron chi connectivity index (χ0n) is 6.49. The minimum atomic E-state index is -1.74. The highest BCUT2D eigenvalue weighted by molar-refractivity contribution is 5.84. The fraction of sp³-hybridized carbons (Fsp3) is 0.667. The first kappa shape index (κ1) is 10.9. The molecule has 6 heteroatoms. The Morgan fingerprint density at radius 1 is 1.33 bits per heavy atom. The SMILES string of the molecule is NCCC(N)(CC(=O)O)C(=O)O. The number of carboxylic acids is 2. The first-order valence-corrected chi connectivity index (χ1v) is 3.36. The van der Waals surface area contributed by atoms with Crippen molar-refractivity contribution in [2.75, 3.05) is 6.54 Å². The van der Waals surface area contributed by atoms with Crippen LogP contribution in [0.25, 0.3) is 0 Å². The number of hydrogen-bond acceptors (Lipinski definition) is 4. The quantitative estimate of drug-likeness (QED) is 0.407. The van der Waals surface area contributed by atoms with Crippen molar-refractivity contribution < 1.29 is 19.8 Å². The molecular weight excluding hydrogens is 164 g/mol. The number of hydrogen-bond donors (Lipinski definition) is 4. The van der Waals surface area contributed by atoms with Crippen LogP contribution in [0.2, 0.25) is 0 Å². The molecule has 0 radical (unpaired) electrons. The summed E-state index contributed by atoms with van der Waals surface area (Å²) in [5, 5.41) is 16.9. The molecule has 70 valence electrons. The van der Waals surface area contributed by atoms with Gasteiger partial charge in [0.2, 0.25) is 0 Å². The molecule has 0 rings (SSSR count). The van der Waals surface area contributed by atoms with Crippen LogP contribution >= 0.6 is 0 Å². The molecule has 0 fully saturated rings. The molecule has 0 saturated heterocycles. The topological polar surface area (TPSA) is 127 Å². The molecule has 0 aromatic rings. The highest BCUT2D eigenvalue weighted by Gasteiger charge is 2.35. The molecule has 1 unspecified atom stereocenters. The van der Waals surface area contributed by atoms with Crippen molar-refractivity contribution in [2.45, 2.75) is 18.4 Å². The first-order chi connectivity index (χ1) is 5.42. The van der Waals surface area contributed by atoms with Crippen LogP contribution in [-0.2, 0) is 9.59 Å². The van der Waals surface area contributed by atoms with E-state index in [1.165, 1.54) is 0 Å². The monoisotopic (exact) mass is 176 g/mol. The van der Waals surface area contributed by atoms with E-state index in [2.05, 4.69) is 0 Å². The maximum atomic E-state index is 10.5. The van der Waals surface area contributed by atoms with Gasteiger partial charge in [-0.1, -0.05) is 0 Å². The summed E-state index contributed by atoms with van der Waals surface area (Å²) < 4.78 is 0. The van der Waals surface area contributed by atoms with Crippen LogP contribution < -0.4 is 11.5 Å². The molecule has 0 amide bonds. The van der Waals surface area contributed by atoms with Crippen molar-refractivity contribution >= 4 is 11.9 Å². The summed E-state index contributed by atoms with van der Waals surface area (Å²) >= 11 is 0. The van der Waals surface area contributed by atoms with Crippen molar-refractivity contribution in [3.8, 4) is 0 Å². The molecule has 6 nitrogen and oxygen atoms in total. The molecule has 0 aliphatic heterocycles. The Bertz CT molecular complexity index is 194. The van der Waals surface area contributed by atoms with Gasteiger partial charge in [-0.3, -0.25) is 9.59 Å². The number of nitrogens with two attached hydrogens (primary N) is 2. The molecule has 6 N–H and O–H groups in total. The summed E-state index contributed by atoms with van der Waals surface area (Å²) in [5.74, 6) is -2.58. The third kappa shape index (κ3) is 2.85. The second-order valence-corrected chi connectivity index (χ2v) is 2.57. The summed E-state index contributed by atoms with van der Waals surface area (Å²) in [5.41, 5.74) is 8.65. The Labute approximate surface area is 69.2 Å². The lowest BCUT2D eigenvalue weighted by Crippen LogP contribution is -2.50. The van der Waals surface area contributed by atoms with Gasteiger partial charge in [-0.2, -0.15) is 0 Å². The molecule has 0 heterocycles. The first-order valence-electron chi connectivity index (χ1n) is 3.36. The Morgan fingerprint density at radius 2 is 1.83 bits per heavy atom. The molecule has 0 bridgehead atoms. The molecule has 1 atom stereocenters. The average molecular weight is 176 g/mol. The Kier molecular flexibility index (Phi) is 3.65. The van der Waals surface area contributed by atoms with Gasteiger partial charge in [0.15, 0.2) is 0 Å². The molecule has 0 aromatic heterocycles. The van der Waals surface area contributed by atoms with Crippen LogP contribution in [-0.4, -0.2) is 34.2 Å². The zero-order valence-corrected chi connectivity index (χ0v) is 6.49. The van der Waals surface area contributed by atoms with E-state index in [-0.39, 0.29) is 13.0 Å². The average Bonchev–Trinajstić information content (AvgIpc) is 1.85. The van der Waals surface area contributed by atoms with Gasteiger partial charge in [-0.25, -0.2) is 0 Å². The smallest absolute Gasteiger partial charge is 0.324 e. The minimum Gasteiger partial charge on any atom is -0.481 e. The van der Waals surface area contributed by atoms with E-state index < -0.39 is 23.9 Å². The van der Waals surface area contributed by atoms with E-state index in [9.17, 15) is 9.59 Å². The van der Waals surface area contributed by atoms with Crippen LogP contribution in [0.4, 0.5) is 0 Å². The largest absolute Gasteiger partial charge is 0.481 e. The molecule has 12 heavy (non-hydrogen) atoms. The predicted molar refractivity (Wildman–Crippen MR) is 40.5 cm³/mol.